The summed E-state index contributed by atoms with van der Waals surface area (Å²) in [5, 5.41) is 6.87. The number of nitrogens with zero attached hydrogens (tertiary/aromatic N) is 4. The van der Waals surface area contributed by atoms with Gasteiger partial charge in [-0.1, -0.05) is 121 Å². The third-order valence-corrected chi connectivity index (χ3v) is 11.1. The monoisotopic (exact) mass is 670 g/mol. The summed E-state index contributed by atoms with van der Waals surface area (Å²) in [6.07, 6.45) is 0. The Balaban J connectivity index is 1.25. The summed E-state index contributed by atoms with van der Waals surface area (Å²) in [6, 6.07) is 54.7. The van der Waals surface area contributed by atoms with Gasteiger partial charge in [0.15, 0.2) is 23.1 Å². The number of hydrogen-bond acceptors (Lipinski definition) is 5. The molecule has 0 aliphatic carbocycles. The molecule has 0 saturated carbocycles. The predicted octanol–water partition coefficient (Wildman–Crippen LogP) is 12.2. The minimum Gasteiger partial charge on any atom is -0.454 e. The lowest BCUT2D eigenvalue weighted by Gasteiger charge is -2.13. The van der Waals surface area contributed by atoms with Crippen molar-refractivity contribution in [3.63, 3.8) is 0 Å². The quantitative estimate of drug-likeness (QED) is 0.187. The summed E-state index contributed by atoms with van der Waals surface area (Å²) >= 11 is 1.80. The van der Waals surface area contributed by atoms with E-state index in [9.17, 15) is 0 Å². The van der Waals surface area contributed by atoms with E-state index in [1.165, 1.54) is 15.5 Å². The number of furan rings is 1. The molecule has 238 valence electrons. The zero-order valence-corrected chi connectivity index (χ0v) is 27.9. The molecule has 0 radical (unpaired) electrons. The summed E-state index contributed by atoms with van der Waals surface area (Å²) in [5.74, 6) is 1.93. The fourth-order valence-electron chi connectivity index (χ4n) is 7.59. The van der Waals surface area contributed by atoms with Crippen molar-refractivity contribution in [2.45, 2.75) is 0 Å². The molecule has 7 aromatic carbocycles. The Labute approximate surface area is 295 Å². The molecule has 11 rings (SSSR count). The lowest BCUT2D eigenvalue weighted by atomic mass is 10.0. The van der Waals surface area contributed by atoms with Gasteiger partial charge in [0.25, 0.3) is 0 Å². The van der Waals surface area contributed by atoms with Crippen molar-refractivity contribution in [1.29, 1.82) is 0 Å². The van der Waals surface area contributed by atoms with Gasteiger partial charge < -0.3 is 8.98 Å². The van der Waals surface area contributed by atoms with Gasteiger partial charge in [-0.25, -0.2) is 15.0 Å². The van der Waals surface area contributed by atoms with Gasteiger partial charge in [0.1, 0.15) is 5.58 Å². The molecule has 0 fully saturated rings. The van der Waals surface area contributed by atoms with E-state index in [2.05, 4.69) is 95.6 Å². The van der Waals surface area contributed by atoms with Crippen LogP contribution in [-0.4, -0.2) is 19.5 Å². The van der Waals surface area contributed by atoms with Crippen molar-refractivity contribution < 1.29 is 4.42 Å². The largest absolute Gasteiger partial charge is 0.454 e. The Morgan fingerprint density at radius 2 is 1.08 bits per heavy atom. The van der Waals surface area contributed by atoms with Crippen molar-refractivity contribution in [2.24, 2.45) is 0 Å². The predicted molar refractivity (Wildman–Crippen MR) is 211 cm³/mol. The van der Waals surface area contributed by atoms with E-state index in [1.54, 1.807) is 11.3 Å². The first-order valence-corrected chi connectivity index (χ1v) is 17.8. The Hall–Kier alpha value is -6.63. The molecule has 11 aromatic rings. The first-order valence-electron chi connectivity index (χ1n) is 17.0. The van der Waals surface area contributed by atoms with Crippen LogP contribution in [0.4, 0.5) is 0 Å². The molecule has 0 saturated heterocycles. The van der Waals surface area contributed by atoms with Gasteiger partial charge in [0.05, 0.1) is 21.4 Å². The van der Waals surface area contributed by atoms with Crippen molar-refractivity contribution in [1.82, 2.24) is 19.5 Å². The molecule has 4 heterocycles. The normalized spacial score (nSPS) is 11.9. The molecule has 0 amide bonds. The molecule has 5 nitrogen and oxygen atoms in total. The Kier molecular flexibility index (Phi) is 6.05. The topological polar surface area (TPSA) is 56.7 Å². The lowest BCUT2D eigenvalue weighted by Crippen LogP contribution is -2.01. The zero-order valence-electron chi connectivity index (χ0n) is 27.1. The summed E-state index contributed by atoms with van der Waals surface area (Å²) in [4.78, 5) is 15.3. The van der Waals surface area contributed by atoms with Crippen LogP contribution < -0.4 is 0 Å². The fourth-order valence-corrected chi connectivity index (χ4v) is 8.82. The molecule has 4 aromatic heterocycles. The summed E-state index contributed by atoms with van der Waals surface area (Å²) < 4.78 is 11.5. The van der Waals surface area contributed by atoms with Crippen molar-refractivity contribution in [2.75, 3.05) is 0 Å². The van der Waals surface area contributed by atoms with E-state index in [1.807, 2.05) is 66.7 Å². The van der Waals surface area contributed by atoms with Gasteiger partial charge in [0.2, 0.25) is 0 Å². The van der Waals surface area contributed by atoms with E-state index in [-0.39, 0.29) is 0 Å². The van der Waals surface area contributed by atoms with E-state index >= 15 is 0 Å². The van der Waals surface area contributed by atoms with Gasteiger partial charge in [-0.15, -0.1) is 11.3 Å². The van der Waals surface area contributed by atoms with E-state index in [4.69, 9.17) is 19.4 Å². The van der Waals surface area contributed by atoms with Crippen molar-refractivity contribution in [3.05, 3.63) is 158 Å². The fraction of sp³-hybridized carbons (Fsp3) is 0. The van der Waals surface area contributed by atoms with Gasteiger partial charge in [-0.3, -0.25) is 0 Å². The van der Waals surface area contributed by atoms with Crippen LogP contribution in [-0.2, 0) is 0 Å². The first-order chi connectivity index (χ1) is 25.3. The highest BCUT2D eigenvalue weighted by atomic mass is 32.1. The van der Waals surface area contributed by atoms with Crippen LogP contribution in [0.25, 0.3) is 104 Å². The number of benzene rings is 7. The maximum Gasteiger partial charge on any atom is 0.164 e. The molecular weight excluding hydrogens is 645 g/mol. The minimum absolute atomic E-state index is 0.643. The maximum atomic E-state index is 6.69. The molecule has 0 unspecified atom stereocenters. The number of hydrogen-bond donors (Lipinski definition) is 0. The van der Waals surface area contributed by atoms with E-state index in [0.29, 0.717) is 17.5 Å². The first kappa shape index (κ1) is 28.2. The molecule has 0 spiro atoms. The highest BCUT2D eigenvalue weighted by Crippen LogP contribution is 2.46. The maximum absolute atomic E-state index is 6.69. The number of rotatable bonds is 4. The third kappa shape index (κ3) is 4.24. The summed E-state index contributed by atoms with van der Waals surface area (Å²) in [7, 11) is 0. The molecular formula is C45H26N4OS. The lowest BCUT2D eigenvalue weighted by molar-refractivity contribution is 0.671. The minimum atomic E-state index is 0.643. The van der Waals surface area contributed by atoms with Crippen LogP contribution in [0.2, 0.25) is 0 Å². The Morgan fingerprint density at radius 1 is 0.471 bits per heavy atom. The van der Waals surface area contributed by atoms with Crippen LogP contribution in [0.3, 0.4) is 0 Å². The molecule has 0 aliphatic rings. The smallest absolute Gasteiger partial charge is 0.164 e. The highest BCUT2D eigenvalue weighted by Gasteiger charge is 2.23. The van der Waals surface area contributed by atoms with Gasteiger partial charge in [-0.05, 0) is 36.4 Å². The molecule has 6 heteroatoms. The van der Waals surface area contributed by atoms with Gasteiger partial charge >= 0.3 is 0 Å². The number of para-hydroxylation sites is 2. The van der Waals surface area contributed by atoms with Crippen LogP contribution in [0.1, 0.15) is 0 Å². The number of fused-ring (bicyclic) bond motifs is 10. The summed E-state index contributed by atoms with van der Waals surface area (Å²) in [6.45, 7) is 0. The zero-order chi connectivity index (χ0) is 33.5. The third-order valence-electron chi connectivity index (χ3n) is 9.87. The highest BCUT2D eigenvalue weighted by molar-refractivity contribution is 7.26. The van der Waals surface area contributed by atoms with Gasteiger partial charge in [0, 0.05) is 53.7 Å². The molecule has 0 N–H and O–H groups in total. The van der Waals surface area contributed by atoms with Crippen LogP contribution in [0.15, 0.2) is 162 Å². The van der Waals surface area contributed by atoms with E-state index < -0.39 is 0 Å². The van der Waals surface area contributed by atoms with Crippen molar-refractivity contribution in [3.8, 4) is 39.9 Å². The van der Waals surface area contributed by atoms with E-state index in [0.717, 1.165) is 70.8 Å². The molecule has 0 atom stereocenters. The average molecular weight is 671 g/mol. The Bertz CT molecular complexity index is 3080. The van der Waals surface area contributed by atoms with Crippen LogP contribution in [0.5, 0.6) is 0 Å². The van der Waals surface area contributed by atoms with Crippen LogP contribution >= 0.6 is 11.3 Å². The molecule has 0 bridgehead atoms. The summed E-state index contributed by atoms with van der Waals surface area (Å²) in [5.41, 5.74) is 7.92. The molecule has 51 heavy (non-hydrogen) atoms. The molecule has 0 aliphatic heterocycles. The SMILES string of the molecule is c1ccc(-c2nc(-c3ccccc3)nc(-c3ccc(-n4c5ccccc5c5ccc6c7ccccc7oc6c54)c4sc5ccccc5c34)n2)cc1. The second-order valence-electron chi connectivity index (χ2n) is 12.8. The standard InChI is InChI=1S/C45H26N4OS/c1-3-13-27(14-4-1)43-46-44(28-15-5-2-6-16-28)48-45(47-43)34-25-26-36(42-39(34)33-19-9-12-22-38(33)51-42)49-35-20-10-7-17-29(35)31-23-24-32-30-18-8-11-21-37(30)50-41(32)40(31)49/h1-26H. The van der Waals surface area contributed by atoms with Crippen molar-refractivity contribution >= 4 is 75.3 Å². The Morgan fingerprint density at radius 3 is 1.84 bits per heavy atom. The second-order valence-corrected chi connectivity index (χ2v) is 13.8. The number of thiophene rings is 1. The average Bonchev–Trinajstić information content (AvgIpc) is 3.88. The van der Waals surface area contributed by atoms with Crippen LogP contribution in [0, 0.1) is 0 Å². The van der Waals surface area contributed by atoms with Gasteiger partial charge in [-0.2, -0.15) is 0 Å². The number of aromatic nitrogens is 4. The second kappa shape index (κ2) is 10.9.